The SMILES string of the molecule is CCOCc1nc2c(N)nc3ccccc3c2n1CC(C)(C)OC(=O)CCCCCN(C)CCCN(C)CCCN(C)C. The summed E-state index contributed by atoms with van der Waals surface area (Å²) in [6.07, 6.45) is 5.71. The molecule has 10 nitrogen and oxygen atoms in total. The molecule has 3 aromatic rings. The van der Waals surface area contributed by atoms with Crippen LogP contribution in [0.15, 0.2) is 24.3 Å². The standard InChI is InChI=1S/C33H55N7O3/c1-8-42-24-28-36-30-31(26-16-11-12-17-27(26)35-32(30)34)40(28)25-33(2,3)43-29(41)18-10-9-13-20-38(6)22-15-23-39(7)21-14-19-37(4)5/h11-12,16-17H,8-10,13-15,18-25H2,1-7H3,(H2,34,35). The maximum Gasteiger partial charge on any atom is 0.306 e. The molecule has 0 aliphatic rings. The minimum atomic E-state index is -0.745. The van der Waals surface area contributed by atoms with E-state index >= 15 is 0 Å². The summed E-state index contributed by atoms with van der Waals surface area (Å²) in [6, 6.07) is 7.89. The number of rotatable bonds is 20. The van der Waals surface area contributed by atoms with Gasteiger partial charge in [-0.3, -0.25) is 4.79 Å². The number of nitrogens with zero attached hydrogens (tertiary/aromatic N) is 6. The maximum atomic E-state index is 12.9. The number of benzene rings is 1. The molecule has 2 heterocycles. The normalized spacial score (nSPS) is 12.4. The van der Waals surface area contributed by atoms with E-state index in [0.29, 0.717) is 37.5 Å². The molecule has 0 unspecified atom stereocenters. The van der Waals surface area contributed by atoms with Crippen LogP contribution in [0, 0.1) is 0 Å². The quantitative estimate of drug-likeness (QED) is 0.145. The van der Waals surface area contributed by atoms with E-state index in [2.05, 4.69) is 52.4 Å². The molecule has 0 amide bonds. The van der Waals surface area contributed by atoms with Crippen LogP contribution in [0.3, 0.4) is 0 Å². The molecule has 240 valence electrons. The molecule has 0 atom stereocenters. The van der Waals surface area contributed by atoms with E-state index in [9.17, 15) is 4.79 Å². The Labute approximate surface area is 258 Å². The van der Waals surface area contributed by atoms with Crippen LogP contribution in [0.1, 0.15) is 65.1 Å². The Morgan fingerprint density at radius 2 is 1.56 bits per heavy atom. The summed E-state index contributed by atoms with van der Waals surface area (Å²) in [4.78, 5) is 29.3. The predicted molar refractivity (Wildman–Crippen MR) is 176 cm³/mol. The molecular weight excluding hydrogens is 542 g/mol. The third kappa shape index (κ3) is 11.0. The molecule has 0 fully saturated rings. The molecular formula is C33H55N7O3. The Morgan fingerprint density at radius 1 is 0.907 bits per heavy atom. The number of esters is 1. The molecule has 0 saturated heterocycles. The zero-order valence-electron chi connectivity index (χ0n) is 27.7. The number of para-hydroxylation sites is 1. The Morgan fingerprint density at radius 3 is 2.23 bits per heavy atom. The third-order valence-corrected chi connectivity index (χ3v) is 7.70. The van der Waals surface area contributed by atoms with Gasteiger partial charge in [0.05, 0.1) is 17.6 Å². The summed E-state index contributed by atoms with van der Waals surface area (Å²) in [7, 11) is 8.65. The fraction of sp³-hybridized carbons (Fsp3) is 0.667. The number of unbranched alkanes of at least 4 members (excludes halogenated alkanes) is 2. The number of carbonyl (C=O) groups is 1. The molecule has 10 heteroatoms. The number of hydrogen-bond donors (Lipinski definition) is 1. The molecule has 0 saturated carbocycles. The second kappa shape index (κ2) is 16.9. The Bertz CT molecular complexity index is 1290. The fourth-order valence-corrected chi connectivity index (χ4v) is 5.47. The number of anilines is 1. The first-order chi connectivity index (χ1) is 20.5. The maximum absolute atomic E-state index is 12.9. The van der Waals surface area contributed by atoms with Crippen molar-refractivity contribution in [2.24, 2.45) is 0 Å². The van der Waals surface area contributed by atoms with E-state index in [1.807, 2.05) is 45.0 Å². The monoisotopic (exact) mass is 597 g/mol. The lowest BCUT2D eigenvalue weighted by Gasteiger charge is -2.27. The summed E-state index contributed by atoms with van der Waals surface area (Å²) in [5.74, 6) is 0.956. The number of imidazole rings is 1. The van der Waals surface area contributed by atoms with Gasteiger partial charge in [0.15, 0.2) is 5.82 Å². The number of nitrogens with two attached hydrogens (primary N) is 1. The van der Waals surface area contributed by atoms with Crippen molar-refractivity contribution in [1.82, 2.24) is 29.2 Å². The summed E-state index contributed by atoms with van der Waals surface area (Å²) >= 11 is 0. The number of fused-ring (bicyclic) bond motifs is 3. The molecule has 2 aromatic heterocycles. The van der Waals surface area contributed by atoms with Gasteiger partial charge in [-0.2, -0.15) is 0 Å². The highest BCUT2D eigenvalue weighted by atomic mass is 16.6. The number of ether oxygens (including phenoxy) is 2. The highest BCUT2D eigenvalue weighted by molar-refractivity contribution is 6.06. The zero-order chi connectivity index (χ0) is 31.4. The van der Waals surface area contributed by atoms with E-state index in [-0.39, 0.29) is 5.97 Å². The van der Waals surface area contributed by atoms with Crippen molar-refractivity contribution in [2.45, 2.75) is 78.0 Å². The van der Waals surface area contributed by atoms with Gasteiger partial charge < -0.3 is 34.5 Å². The van der Waals surface area contributed by atoms with E-state index in [4.69, 9.17) is 20.2 Å². The summed E-state index contributed by atoms with van der Waals surface area (Å²) in [6.45, 7) is 12.7. The van der Waals surface area contributed by atoms with E-state index < -0.39 is 5.60 Å². The van der Waals surface area contributed by atoms with E-state index in [1.165, 1.54) is 12.8 Å². The molecule has 43 heavy (non-hydrogen) atoms. The topological polar surface area (TPSA) is 102 Å². The first kappa shape index (κ1) is 34.7. The lowest BCUT2D eigenvalue weighted by atomic mass is 10.1. The minimum absolute atomic E-state index is 0.169. The number of nitrogen functional groups attached to an aromatic ring is 1. The number of hydrogen-bond acceptors (Lipinski definition) is 9. The molecule has 0 aliphatic heterocycles. The van der Waals surface area contributed by atoms with Crippen molar-refractivity contribution in [2.75, 3.05) is 73.3 Å². The molecule has 0 spiro atoms. The largest absolute Gasteiger partial charge is 0.458 e. The van der Waals surface area contributed by atoms with Crippen molar-refractivity contribution >= 4 is 33.7 Å². The van der Waals surface area contributed by atoms with Gasteiger partial charge in [0.2, 0.25) is 0 Å². The number of aromatic nitrogens is 3. The van der Waals surface area contributed by atoms with Gasteiger partial charge in [0.1, 0.15) is 23.5 Å². The molecule has 0 radical (unpaired) electrons. The zero-order valence-corrected chi connectivity index (χ0v) is 27.7. The summed E-state index contributed by atoms with van der Waals surface area (Å²) in [5.41, 5.74) is 7.91. The van der Waals surface area contributed by atoms with Crippen LogP contribution in [0.4, 0.5) is 5.82 Å². The molecule has 3 rings (SSSR count). The number of carbonyl (C=O) groups excluding carboxylic acids is 1. The fourth-order valence-electron chi connectivity index (χ4n) is 5.47. The van der Waals surface area contributed by atoms with Gasteiger partial charge in [-0.15, -0.1) is 0 Å². The molecule has 0 bridgehead atoms. The summed E-state index contributed by atoms with van der Waals surface area (Å²) < 4.78 is 13.8. The average molecular weight is 598 g/mol. The van der Waals surface area contributed by atoms with Crippen LogP contribution in [0.2, 0.25) is 0 Å². The van der Waals surface area contributed by atoms with Gasteiger partial charge in [-0.25, -0.2) is 9.97 Å². The van der Waals surface area contributed by atoms with Gasteiger partial charge in [0, 0.05) is 18.4 Å². The van der Waals surface area contributed by atoms with E-state index in [0.717, 1.165) is 74.2 Å². The lowest BCUT2D eigenvalue weighted by molar-refractivity contribution is -0.157. The summed E-state index contributed by atoms with van der Waals surface area (Å²) in [5, 5.41) is 0.959. The van der Waals surface area contributed by atoms with Crippen molar-refractivity contribution in [3.8, 4) is 0 Å². The van der Waals surface area contributed by atoms with Crippen molar-refractivity contribution in [3.05, 3.63) is 30.1 Å². The average Bonchev–Trinajstić information content (AvgIpc) is 3.29. The van der Waals surface area contributed by atoms with Crippen LogP contribution in [-0.2, 0) is 27.4 Å². The third-order valence-electron chi connectivity index (χ3n) is 7.70. The molecule has 2 N–H and O–H groups in total. The highest BCUT2D eigenvalue weighted by Crippen LogP contribution is 2.31. The van der Waals surface area contributed by atoms with Crippen LogP contribution in [-0.4, -0.2) is 108 Å². The minimum Gasteiger partial charge on any atom is -0.458 e. The van der Waals surface area contributed by atoms with Crippen LogP contribution in [0.5, 0.6) is 0 Å². The Balaban J connectivity index is 1.47. The van der Waals surface area contributed by atoms with E-state index in [1.54, 1.807) is 0 Å². The van der Waals surface area contributed by atoms with Crippen LogP contribution in [0.25, 0.3) is 21.9 Å². The lowest BCUT2D eigenvalue weighted by Crippen LogP contribution is -2.34. The second-order valence-electron chi connectivity index (χ2n) is 12.6. The second-order valence-corrected chi connectivity index (χ2v) is 12.6. The Kier molecular flexibility index (Phi) is 13.6. The van der Waals surface area contributed by atoms with Gasteiger partial charge in [-0.05, 0) is 113 Å². The molecule has 0 aliphatic carbocycles. The number of pyridine rings is 1. The van der Waals surface area contributed by atoms with Crippen LogP contribution >= 0.6 is 0 Å². The van der Waals surface area contributed by atoms with Gasteiger partial charge in [-0.1, -0.05) is 24.6 Å². The predicted octanol–water partition coefficient (Wildman–Crippen LogP) is 4.79. The molecule has 1 aromatic carbocycles. The highest BCUT2D eigenvalue weighted by Gasteiger charge is 2.27. The van der Waals surface area contributed by atoms with Crippen LogP contribution < -0.4 is 5.73 Å². The van der Waals surface area contributed by atoms with Gasteiger partial charge >= 0.3 is 5.97 Å². The van der Waals surface area contributed by atoms with Crippen molar-refractivity contribution in [3.63, 3.8) is 0 Å². The smallest absolute Gasteiger partial charge is 0.306 e. The van der Waals surface area contributed by atoms with Gasteiger partial charge in [0.25, 0.3) is 0 Å². The first-order valence-corrected chi connectivity index (χ1v) is 15.9. The van der Waals surface area contributed by atoms with Crippen molar-refractivity contribution < 1.29 is 14.3 Å². The van der Waals surface area contributed by atoms with Crippen molar-refractivity contribution in [1.29, 1.82) is 0 Å². The Hall–Kier alpha value is -2.79. The first-order valence-electron chi connectivity index (χ1n) is 15.9.